The Balaban J connectivity index is 1.72. The predicted octanol–water partition coefficient (Wildman–Crippen LogP) is 3.66. The van der Waals surface area contributed by atoms with Crippen LogP contribution in [0.5, 0.6) is 0 Å². The molecule has 0 radical (unpaired) electrons. The van der Waals surface area contributed by atoms with Gasteiger partial charge in [-0.1, -0.05) is 48.4 Å². The third-order valence-corrected chi connectivity index (χ3v) is 6.62. The summed E-state index contributed by atoms with van der Waals surface area (Å²) in [6.45, 7) is 9.99. The maximum Gasteiger partial charge on any atom is 0.332 e. The van der Waals surface area contributed by atoms with Crippen LogP contribution in [0, 0.1) is 26.7 Å². The molecule has 3 heterocycles. The van der Waals surface area contributed by atoms with Gasteiger partial charge in [0, 0.05) is 25.8 Å². The first-order chi connectivity index (χ1) is 15.7. The molecule has 5 rings (SSSR count). The van der Waals surface area contributed by atoms with Crippen molar-refractivity contribution in [2.24, 2.45) is 13.0 Å². The van der Waals surface area contributed by atoms with Gasteiger partial charge in [0.15, 0.2) is 11.2 Å². The molecule has 0 spiro atoms. The number of aromatic nitrogens is 4. The molecule has 1 aliphatic heterocycles. The maximum atomic E-state index is 13.7. The second kappa shape index (κ2) is 7.76. The molecule has 0 bridgehead atoms. The lowest BCUT2D eigenvalue weighted by atomic mass is 10.1. The van der Waals surface area contributed by atoms with E-state index in [0.717, 1.165) is 28.9 Å². The molecule has 4 aromatic rings. The number of aryl methyl sites for hydroxylation is 4. The number of imidazole rings is 1. The van der Waals surface area contributed by atoms with Crippen LogP contribution < -0.4 is 16.1 Å². The van der Waals surface area contributed by atoms with Gasteiger partial charge in [0.25, 0.3) is 5.56 Å². The Morgan fingerprint density at radius 2 is 1.67 bits per heavy atom. The van der Waals surface area contributed by atoms with Gasteiger partial charge in [0.05, 0.1) is 6.54 Å². The lowest BCUT2D eigenvalue weighted by Gasteiger charge is -2.33. The zero-order chi connectivity index (χ0) is 23.4. The Hall–Kier alpha value is -3.61. The lowest BCUT2D eigenvalue weighted by Crippen LogP contribution is -2.40. The fourth-order valence-electron chi connectivity index (χ4n) is 4.73. The molecular formula is C26H29N5O2. The monoisotopic (exact) mass is 443 g/mol. The van der Waals surface area contributed by atoms with Crippen molar-refractivity contribution in [2.45, 2.75) is 40.8 Å². The number of rotatable bonds is 3. The van der Waals surface area contributed by atoms with Crippen LogP contribution in [-0.2, 0) is 20.1 Å². The van der Waals surface area contributed by atoms with Crippen molar-refractivity contribution >= 4 is 22.8 Å². The number of fused-ring (bicyclic) bond motifs is 3. The second-order valence-electron chi connectivity index (χ2n) is 9.41. The number of benzene rings is 2. The molecule has 0 aliphatic carbocycles. The highest BCUT2D eigenvalue weighted by atomic mass is 16.2. The standard InChI is InChI=1S/C26H29N5O2/c1-16-7-10-21(11-8-16)29-13-18(3)14-30-22-23(27-25(29)30)28(5)26(33)31(24(22)32)15-20-12-17(2)6-9-19(20)4/h6-12,18H,13-15H2,1-5H3/t18-/m0/s1. The summed E-state index contributed by atoms with van der Waals surface area (Å²) < 4.78 is 4.84. The van der Waals surface area contributed by atoms with Gasteiger partial charge in [0.2, 0.25) is 5.95 Å². The van der Waals surface area contributed by atoms with E-state index in [4.69, 9.17) is 4.98 Å². The highest BCUT2D eigenvalue weighted by Crippen LogP contribution is 2.32. The molecule has 170 valence electrons. The van der Waals surface area contributed by atoms with Crippen molar-refractivity contribution in [2.75, 3.05) is 11.4 Å². The Bertz CT molecular complexity index is 1490. The number of hydrogen-bond donors (Lipinski definition) is 0. The first-order valence-electron chi connectivity index (χ1n) is 11.3. The SMILES string of the molecule is Cc1ccc(N2C[C@H](C)Cn3c2nc2c3c(=O)n(Cc3cc(C)ccc3C)c(=O)n2C)cc1. The highest BCUT2D eigenvalue weighted by Gasteiger charge is 2.29. The molecule has 0 unspecified atom stereocenters. The fourth-order valence-corrected chi connectivity index (χ4v) is 4.73. The van der Waals surface area contributed by atoms with Crippen molar-refractivity contribution in [3.63, 3.8) is 0 Å². The number of hydrogen-bond acceptors (Lipinski definition) is 4. The molecule has 33 heavy (non-hydrogen) atoms. The van der Waals surface area contributed by atoms with E-state index in [1.807, 2.05) is 36.6 Å². The van der Waals surface area contributed by atoms with E-state index in [9.17, 15) is 9.59 Å². The van der Waals surface area contributed by atoms with Gasteiger partial charge >= 0.3 is 5.69 Å². The van der Waals surface area contributed by atoms with E-state index in [-0.39, 0.29) is 17.8 Å². The fraction of sp³-hybridized carbons (Fsp3) is 0.346. The maximum absolute atomic E-state index is 13.7. The number of nitrogens with zero attached hydrogens (tertiary/aromatic N) is 5. The molecule has 1 atom stereocenters. The zero-order valence-electron chi connectivity index (χ0n) is 19.8. The van der Waals surface area contributed by atoms with E-state index >= 15 is 0 Å². The van der Waals surface area contributed by atoms with Gasteiger partial charge < -0.3 is 9.47 Å². The normalized spacial score (nSPS) is 15.8. The van der Waals surface area contributed by atoms with Gasteiger partial charge in [-0.25, -0.2) is 4.79 Å². The molecule has 7 heteroatoms. The van der Waals surface area contributed by atoms with Crippen LogP contribution in [0.1, 0.15) is 29.2 Å². The third-order valence-electron chi connectivity index (χ3n) is 6.62. The van der Waals surface area contributed by atoms with Crippen molar-refractivity contribution in [1.29, 1.82) is 0 Å². The smallest absolute Gasteiger partial charge is 0.312 e. The molecule has 2 aromatic heterocycles. The Kier molecular flexibility index (Phi) is 5.00. The average molecular weight is 444 g/mol. The summed E-state index contributed by atoms with van der Waals surface area (Å²) in [5.74, 6) is 1.03. The van der Waals surface area contributed by atoms with Gasteiger partial charge in [-0.15, -0.1) is 0 Å². The van der Waals surface area contributed by atoms with E-state index in [1.54, 1.807) is 7.05 Å². The molecule has 1 aliphatic rings. The van der Waals surface area contributed by atoms with Crippen LogP contribution >= 0.6 is 0 Å². The van der Waals surface area contributed by atoms with Crippen LogP contribution in [0.25, 0.3) is 11.2 Å². The summed E-state index contributed by atoms with van der Waals surface area (Å²) in [5, 5.41) is 0. The van der Waals surface area contributed by atoms with Gasteiger partial charge in [-0.05, 0) is 49.9 Å². The summed E-state index contributed by atoms with van der Waals surface area (Å²) in [7, 11) is 1.70. The molecule has 0 fully saturated rings. The molecular weight excluding hydrogens is 414 g/mol. The first kappa shape index (κ1) is 21.2. The lowest BCUT2D eigenvalue weighted by molar-refractivity contribution is 0.458. The van der Waals surface area contributed by atoms with Crippen LogP contribution in [0.2, 0.25) is 0 Å². The summed E-state index contributed by atoms with van der Waals surface area (Å²) in [4.78, 5) is 33.9. The van der Waals surface area contributed by atoms with E-state index in [1.165, 1.54) is 14.7 Å². The average Bonchev–Trinajstić information content (AvgIpc) is 3.17. The van der Waals surface area contributed by atoms with Gasteiger partial charge in [-0.3, -0.25) is 13.9 Å². The highest BCUT2D eigenvalue weighted by molar-refractivity contribution is 5.77. The Morgan fingerprint density at radius 3 is 2.39 bits per heavy atom. The predicted molar refractivity (Wildman–Crippen MR) is 132 cm³/mol. The molecule has 2 aromatic carbocycles. The first-order valence-corrected chi connectivity index (χ1v) is 11.3. The van der Waals surface area contributed by atoms with Crippen LogP contribution in [0.15, 0.2) is 52.1 Å². The Morgan fingerprint density at radius 1 is 0.970 bits per heavy atom. The molecule has 7 nitrogen and oxygen atoms in total. The van der Waals surface area contributed by atoms with E-state index < -0.39 is 0 Å². The third kappa shape index (κ3) is 3.48. The van der Waals surface area contributed by atoms with E-state index in [0.29, 0.717) is 29.6 Å². The molecule has 0 saturated carbocycles. The van der Waals surface area contributed by atoms with Crippen LogP contribution in [-0.4, -0.2) is 25.2 Å². The zero-order valence-corrected chi connectivity index (χ0v) is 19.8. The summed E-state index contributed by atoms with van der Waals surface area (Å²) in [6.07, 6.45) is 0. The minimum atomic E-state index is -0.348. The van der Waals surface area contributed by atoms with Crippen LogP contribution in [0.3, 0.4) is 0 Å². The minimum absolute atomic E-state index is 0.243. The summed E-state index contributed by atoms with van der Waals surface area (Å²) in [6, 6.07) is 14.4. The van der Waals surface area contributed by atoms with Crippen molar-refractivity contribution in [1.82, 2.24) is 18.7 Å². The van der Waals surface area contributed by atoms with Crippen molar-refractivity contribution < 1.29 is 0 Å². The largest absolute Gasteiger partial charge is 0.332 e. The molecule has 0 amide bonds. The molecule has 0 saturated heterocycles. The summed E-state index contributed by atoms with van der Waals surface area (Å²) >= 11 is 0. The number of anilines is 2. The van der Waals surface area contributed by atoms with Crippen LogP contribution in [0.4, 0.5) is 11.6 Å². The van der Waals surface area contributed by atoms with Crippen molar-refractivity contribution in [3.8, 4) is 0 Å². The second-order valence-corrected chi connectivity index (χ2v) is 9.41. The Labute approximate surface area is 192 Å². The minimum Gasteiger partial charge on any atom is -0.312 e. The van der Waals surface area contributed by atoms with Crippen molar-refractivity contribution in [3.05, 3.63) is 85.6 Å². The molecule has 0 N–H and O–H groups in total. The topological polar surface area (TPSA) is 65.1 Å². The summed E-state index contributed by atoms with van der Waals surface area (Å²) in [5.41, 5.74) is 5.64. The van der Waals surface area contributed by atoms with E-state index in [2.05, 4.69) is 43.0 Å². The van der Waals surface area contributed by atoms with Gasteiger partial charge in [-0.2, -0.15) is 4.98 Å². The van der Waals surface area contributed by atoms with Gasteiger partial charge in [0.1, 0.15) is 0 Å². The quantitative estimate of drug-likeness (QED) is 0.485.